The molecule has 14 heavy (non-hydrogen) atoms. The van der Waals surface area contributed by atoms with Crippen LogP contribution in [0.15, 0.2) is 18.3 Å². The topological polar surface area (TPSA) is 24.9 Å². The second-order valence-corrected chi connectivity index (χ2v) is 3.99. The Hall–Kier alpha value is -0.890. The van der Waals surface area contributed by atoms with Gasteiger partial charge in [-0.3, -0.25) is 4.98 Å². The maximum atomic E-state index is 4.53. The highest BCUT2D eigenvalue weighted by molar-refractivity contribution is 5.17. The van der Waals surface area contributed by atoms with E-state index in [1.807, 2.05) is 6.20 Å². The molecule has 2 heteroatoms. The highest BCUT2D eigenvalue weighted by atomic mass is 14.9. The number of piperidine rings is 1. The van der Waals surface area contributed by atoms with Crippen LogP contribution in [0.1, 0.15) is 36.9 Å². The van der Waals surface area contributed by atoms with E-state index in [0.29, 0.717) is 5.92 Å². The molecule has 2 rings (SSSR count). The summed E-state index contributed by atoms with van der Waals surface area (Å²) in [4.78, 5) is 4.53. The summed E-state index contributed by atoms with van der Waals surface area (Å²) < 4.78 is 0. The van der Waals surface area contributed by atoms with Crippen LogP contribution in [-0.4, -0.2) is 18.1 Å². The molecule has 0 bridgehead atoms. The fourth-order valence-electron chi connectivity index (χ4n) is 1.99. The maximum absolute atomic E-state index is 4.53. The van der Waals surface area contributed by atoms with Gasteiger partial charge in [0.05, 0.1) is 0 Å². The predicted octanol–water partition coefficient (Wildman–Crippen LogP) is 2.11. The minimum atomic E-state index is 0.634. The number of aromatic nitrogens is 1. The quantitative estimate of drug-likeness (QED) is 0.772. The molecule has 0 amide bonds. The number of rotatable bonds is 2. The van der Waals surface area contributed by atoms with Crippen LogP contribution in [0.3, 0.4) is 0 Å². The zero-order chi connectivity index (χ0) is 9.80. The van der Waals surface area contributed by atoms with E-state index in [2.05, 4.69) is 29.4 Å². The molecule has 1 aromatic rings. The molecule has 1 N–H and O–H groups in total. The third-order valence-electron chi connectivity index (χ3n) is 2.97. The number of nitrogens with one attached hydrogen (secondary N) is 1. The smallest absolute Gasteiger partial charge is 0.0447 e. The summed E-state index contributed by atoms with van der Waals surface area (Å²) in [6.45, 7) is 4.43. The number of hydrogen-bond acceptors (Lipinski definition) is 2. The van der Waals surface area contributed by atoms with E-state index in [-0.39, 0.29) is 0 Å². The van der Waals surface area contributed by atoms with Gasteiger partial charge >= 0.3 is 0 Å². The summed E-state index contributed by atoms with van der Waals surface area (Å²) in [6, 6.07) is 4.40. The maximum Gasteiger partial charge on any atom is 0.0447 e. The van der Waals surface area contributed by atoms with E-state index >= 15 is 0 Å². The van der Waals surface area contributed by atoms with E-state index < -0.39 is 0 Å². The normalized spacial score (nSPS) is 22.2. The lowest BCUT2D eigenvalue weighted by Crippen LogP contribution is -2.28. The van der Waals surface area contributed by atoms with Gasteiger partial charge in [0, 0.05) is 24.4 Å². The van der Waals surface area contributed by atoms with Crippen LogP contribution in [-0.2, 0) is 6.42 Å². The van der Waals surface area contributed by atoms with Crippen LogP contribution in [0.5, 0.6) is 0 Å². The average Bonchev–Trinajstić information content (AvgIpc) is 2.30. The van der Waals surface area contributed by atoms with E-state index in [4.69, 9.17) is 0 Å². The van der Waals surface area contributed by atoms with Crippen LogP contribution < -0.4 is 5.32 Å². The van der Waals surface area contributed by atoms with Gasteiger partial charge in [0.15, 0.2) is 0 Å². The molecule has 0 aromatic carbocycles. The van der Waals surface area contributed by atoms with Crippen molar-refractivity contribution in [2.45, 2.75) is 32.1 Å². The molecule has 0 radical (unpaired) electrons. The summed E-state index contributed by atoms with van der Waals surface area (Å²) in [5.74, 6) is 0.634. The van der Waals surface area contributed by atoms with Crippen molar-refractivity contribution in [2.75, 3.05) is 13.1 Å². The van der Waals surface area contributed by atoms with Gasteiger partial charge in [0.2, 0.25) is 0 Å². The molecule has 76 valence electrons. The van der Waals surface area contributed by atoms with Crippen LogP contribution in [0, 0.1) is 0 Å². The molecule has 1 atom stereocenters. The van der Waals surface area contributed by atoms with E-state index in [1.54, 1.807) is 0 Å². The van der Waals surface area contributed by atoms with Gasteiger partial charge in [-0.2, -0.15) is 0 Å². The molecule has 2 nitrogen and oxygen atoms in total. The van der Waals surface area contributed by atoms with Gasteiger partial charge in [-0.25, -0.2) is 0 Å². The standard InChI is InChI=1S/C12H18N2/c1-2-10-5-6-12(14-8-10)11-4-3-7-13-9-11/h5-6,8,11,13H,2-4,7,9H2,1H3. The van der Waals surface area contributed by atoms with Crippen molar-refractivity contribution in [1.29, 1.82) is 0 Å². The van der Waals surface area contributed by atoms with Gasteiger partial charge in [-0.15, -0.1) is 0 Å². The lowest BCUT2D eigenvalue weighted by Gasteiger charge is -2.22. The number of pyridine rings is 1. The van der Waals surface area contributed by atoms with Crippen LogP contribution in [0.4, 0.5) is 0 Å². The fourth-order valence-corrected chi connectivity index (χ4v) is 1.99. The predicted molar refractivity (Wildman–Crippen MR) is 58.5 cm³/mol. The van der Waals surface area contributed by atoms with Crippen molar-refractivity contribution >= 4 is 0 Å². The molecule has 0 aliphatic carbocycles. The van der Waals surface area contributed by atoms with Crippen molar-refractivity contribution in [2.24, 2.45) is 0 Å². The van der Waals surface area contributed by atoms with Gasteiger partial charge < -0.3 is 5.32 Å². The van der Waals surface area contributed by atoms with Crippen LogP contribution in [0.25, 0.3) is 0 Å². The monoisotopic (exact) mass is 190 g/mol. The average molecular weight is 190 g/mol. The van der Waals surface area contributed by atoms with E-state index in [9.17, 15) is 0 Å². The Morgan fingerprint density at radius 2 is 2.43 bits per heavy atom. The summed E-state index contributed by atoms with van der Waals surface area (Å²) >= 11 is 0. The second-order valence-electron chi connectivity index (χ2n) is 3.99. The van der Waals surface area contributed by atoms with Crippen molar-refractivity contribution in [3.05, 3.63) is 29.6 Å². The highest BCUT2D eigenvalue weighted by Gasteiger charge is 2.15. The first-order chi connectivity index (χ1) is 6.90. The molecular formula is C12H18N2. The Labute approximate surface area is 85.7 Å². The summed E-state index contributed by atoms with van der Waals surface area (Å²) in [6.07, 6.45) is 5.66. The third-order valence-corrected chi connectivity index (χ3v) is 2.97. The first-order valence-electron chi connectivity index (χ1n) is 5.55. The largest absolute Gasteiger partial charge is 0.316 e. The first-order valence-corrected chi connectivity index (χ1v) is 5.55. The molecule has 1 unspecified atom stereocenters. The van der Waals surface area contributed by atoms with Gasteiger partial charge in [-0.1, -0.05) is 13.0 Å². The molecule has 1 aliphatic rings. The number of hydrogen-bond donors (Lipinski definition) is 1. The van der Waals surface area contributed by atoms with Crippen LogP contribution >= 0.6 is 0 Å². The third kappa shape index (κ3) is 2.13. The van der Waals surface area contributed by atoms with Gasteiger partial charge in [0.25, 0.3) is 0 Å². The summed E-state index contributed by atoms with van der Waals surface area (Å²) in [5, 5.41) is 3.42. The lowest BCUT2D eigenvalue weighted by molar-refractivity contribution is 0.454. The second kappa shape index (κ2) is 4.56. The Morgan fingerprint density at radius 3 is 3.00 bits per heavy atom. The Kier molecular flexibility index (Phi) is 3.14. The first kappa shape index (κ1) is 9.66. The molecule has 1 aliphatic heterocycles. The lowest BCUT2D eigenvalue weighted by atomic mass is 9.95. The van der Waals surface area contributed by atoms with Crippen molar-refractivity contribution < 1.29 is 0 Å². The highest BCUT2D eigenvalue weighted by Crippen LogP contribution is 2.21. The molecule has 2 heterocycles. The van der Waals surface area contributed by atoms with Crippen molar-refractivity contribution in [3.8, 4) is 0 Å². The van der Waals surface area contributed by atoms with Gasteiger partial charge in [-0.05, 0) is 37.4 Å². The molecule has 0 spiro atoms. The van der Waals surface area contributed by atoms with Crippen molar-refractivity contribution in [3.63, 3.8) is 0 Å². The molecule has 0 saturated carbocycles. The molecular weight excluding hydrogens is 172 g/mol. The van der Waals surface area contributed by atoms with E-state index in [1.165, 1.54) is 30.6 Å². The Morgan fingerprint density at radius 1 is 1.50 bits per heavy atom. The molecule has 1 aromatic heterocycles. The number of nitrogens with zero attached hydrogens (tertiary/aromatic N) is 1. The zero-order valence-electron chi connectivity index (χ0n) is 8.79. The van der Waals surface area contributed by atoms with Gasteiger partial charge in [0.1, 0.15) is 0 Å². The molecule has 1 fully saturated rings. The van der Waals surface area contributed by atoms with Crippen molar-refractivity contribution in [1.82, 2.24) is 10.3 Å². The minimum Gasteiger partial charge on any atom is -0.316 e. The Balaban J connectivity index is 2.07. The zero-order valence-corrected chi connectivity index (χ0v) is 8.79. The van der Waals surface area contributed by atoms with E-state index in [0.717, 1.165) is 13.0 Å². The fraction of sp³-hybridized carbons (Fsp3) is 0.583. The van der Waals surface area contributed by atoms with Crippen LogP contribution in [0.2, 0.25) is 0 Å². The molecule has 1 saturated heterocycles. The SMILES string of the molecule is CCc1ccc(C2CCCNC2)nc1. The minimum absolute atomic E-state index is 0.634. The summed E-state index contributed by atoms with van der Waals surface area (Å²) in [5.41, 5.74) is 2.59. The summed E-state index contributed by atoms with van der Waals surface area (Å²) in [7, 11) is 0. The Bertz CT molecular complexity index is 273. The number of aryl methyl sites for hydroxylation is 1.